The van der Waals surface area contributed by atoms with Gasteiger partial charge in [0.05, 0.1) is 10.9 Å². The molecule has 3 aromatic rings. The number of carbonyl (C=O) groups is 1. The summed E-state index contributed by atoms with van der Waals surface area (Å²) in [6.45, 7) is 5.26. The molecule has 8 heteroatoms. The highest BCUT2D eigenvalue weighted by molar-refractivity contribution is 7.89. The number of benzene rings is 2. The van der Waals surface area contributed by atoms with E-state index in [1.54, 1.807) is 57.4 Å². The second-order valence-electron chi connectivity index (χ2n) is 7.81. The monoisotopic (exact) mass is 427 g/mol. The zero-order chi connectivity index (χ0) is 21.8. The lowest BCUT2D eigenvalue weighted by molar-refractivity contribution is 0.0504. The fraction of sp³-hybridized carbons (Fsp3) is 0.273. The maximum atomic E-state index is 13.0. The van der Waals surface area contributed by atoms with Gasteiger partial charge >= 0.3 is 6.09 Å². The molecular formula is C22H25N3O4S. The second-order valence-corrected chi connectivity index (χ2v) is 9.55. The molecule has 3 rings (SSSR count). The van der Waals surface area contributed by atoms with Gasteiger partial charge in [0.15, 0.2) is 0 Å². The van der Waals surface area contributed by atoms with E-state index in [-0.39, 0.29) is 11.4 Å². The third kappa shape index (κ3) is 5.55. The topological polar surface area (TPSA) is 97.4 Å². The van der Waals surface area contributed by atoms with Crippen LogP contribution >= 0.6 is 0 Å². The van der Waals surface area contributed by atoms with Gasteiger partial charge in [0.2, 0.25) is 10.0 Å². The summed E-state index contributed by atoms with van der Waals surface area (Å²) in [4.78, 5) is 16.5. The van der Waals surface area contributed by atoms with Crippen LogP contribution in [0.3, 0.4) is 0 Å². The molecule has 7 nitrogen and oxygen atoms in total. The van der Waals surface area contributed by atoms with E-state index in [4.69, 9.17) is 4.74 Å². The summed E-state index contributed by atoms with van der Waals surface area (Å²) >= 11 is 0. The van der Waals surface area contributed by atoms with E-state index in [1.807, 2.05) is 30.3 Å². The van der Waals surface area contributed by atoms with Gasteiger partial charge in [0.1, 0.15) is 5.60 Å². The summed E-state index contributed by atoms with van der Waals surface area (Å²) in [5, 5.41) is 4.06. The summed E-state index contributed by atoms with van der Waals surface area (Å²) in [5.74, 6) is 0. The number of amides is 1. The molecule has 0 radical (unpaired) electrons. The Bertz CT molecular complexity index is 1120. The number of fused-ring (bicyclic) bond motifs is 1. The molecule has 0 saturated carbocycles. The van der Waals surface area contributed by atoms with Crippen LogP contribution in [-0.4, -0.2) is 31.6 Å². The second kappa shape index (κ2) is 8.81. The Morgan fingerprint density at radius 3 is 2.50 bits per heavy atom. The average Bonchev–Trinajstić information content (AvgIpc) is 2.70. The van der Waals surface area contributed by atoms with E-state index >= 15 is 0 Å². The first kappa shape index (κ1) is 21.7. The van der Waals surface area contributed by atoms with Crippen molar-refractivity contribution in [3.8, 4) is 0 Å². The van der Waals surface area contributed by atoms with E-state index in [2.05, 4.69) is 15.0 Å². The van der Waals surface area contributed by atoms with E-state index in [0.717, 1.165) is 10.9 Å². The van der Waals surface area contributed by atoms with E-state index in [9.17, 15) is 13.2 Å². The van der Waals surface area contributed by atoms with Crippen LogP contribution in [0, 0.1) is 0 Å². The van der Waals surface area contributed by atoms with Crippen LogP contribution in [0.2, 0.25) is 0 Å². The number of hydrogen-bond acceptors (Lipinski definition) is 5. The molecule has 0 aliphatic heterocycles. The summed E-state index contributed by atoms with van der Waals surface area (Å²) in [6, 6.07) is 15.2. The number of carbonyl (C=O) groups excluding carboxylic acids is 1. The largest absolute Gasteiger partial charge is 0.444 e. The van der Waals surface area contributed by atoms with Crippen LogP contribution in [0.4, 0.5) is 4.79 Å². The fourth-order valence-electron chi connectivity index (χ4n) is 2.99. The summed E-state index contributed by atoms with van der Waals surface area (Å²) in [6.07, 6.45) is 2.55. The summed E-state index contributed by atoms with van der Waals surface area (Å²) in [5.41, 5.74) is 0.0927. The van der Waals surface area contributed by atoms with E-state index in [1.165, 1.54) is 0 Å². The van der Waals surface area contributed by atoms with Crippen LogP contribution in [0.15, 0.2) is 71.9 Å². The fourth-order valence-corrected chi connectivity index (χ4v) is 4.26. The first-order valence-corrected chi connectivity index (χ1v) is 11.0. The van der Waals surface area contributed by atoms with Gasteiger partial charge in [-0.3, -0.25) is 4.98 Å². The third-order valence-electron chi connectivity index (χ3n) is 4.30. The summed E-state index contributed by atoms with van der Waals surface area (Å²) < 4.78 is 34.0. The van der Waals surface area contributed by atoms with Crippen LogP contribution in [0.1, 0.15) is 32.4 Å². The molecule has 0 spiro atoms. The van der Waals surface area contributed by atoms with Crippen molar-refractivity contribution in [2.45, 2.75) is 37.3 Å². The average molecular weight is 428 g/mol. The van der Waals surface area contributed by atoms with Crippen molar-refractivity contribution in [2.75, 3.05) is 6.54 Å². The van der Waals surface area contributed by atoms with Gasteiger partial charge in [-0.15, -0.1) is 0 Å². The highest BCUT2D eigenvalue weighted by Crippen LogP contribution is 2.22. The van der Waals surface area contributed by atoms with Crippen molar-refractivity contribution < 1.29 is 17.9 Å². The van der Waals surface area contributed by atoms with E-state index < -0.39 is 27.8 Å². The molecule has 0 aliphatic carbocycles. The predicted molar refractivity (Wildman–Crippen MR) is 115 cm³/mol. The number of hydrogen-bond donors (Lipinski definition) is 2. The van der Waals surface area contributed by atoms with E-state index in [0.29, 0.717) is 5.39 Å². The number of nitrogens with one attached hydrogen (secondary N) is 2. The first-order valence-electron chi connectivity index (χ1n) is 9.52. The van der Waals surface area contributed by atoms with Gasteiger partial charge < -0.3 is 10.1 Å². The smallest absolute Gasteiger partial charge is 0.408 e. The minimum absolute atomic E-state index is 0.0347. The standard InChI is InChI=1S/C22H25N3O4S/c1-22(2,3)29-21(26)25-19(16-8-5-4-6-9-16)15-24-30(27,28)20-11-7-10-17-14-23-13-12-18(17)20/h4-14,19,24H,15H2,1-3H3,(H,25,26)/t19-/m0/s1. The van der Waals surface area contributed by atoms with Gasteiger partial charge in [0.25, 0.3) is 0 Å². The Kier molecular flexibility index (Phi) is 6.38. The van der Waals surface area contributed by atoms with Gasteiger partial charge in [-0.05, 0) is 38.5 Å². The van der Waals surface area contributed by atoms with Crippen molar-refractivity contribution in [3.05, 3.63) is 72.6 Å². The van der Waals surface area contributed by atoms with Gasteiger partial charge in [-0.25, -0.2) is 17.9 Å². The van der Waals surface area contributed by atoms with Crippen LogP contribution in [-0.2, 0) is 14.8 Å². The molecule has 0 unspecified atom stereocenters. The van der Waals surface area contributed by atoms with Crippen LogP contribution in [0.25, 0.3) is 10.8 Å². The lowest BCUT2D eigenvalue weighted by Gasteiger charge is -2.24. The number of aromatic nitrogens is 1. The minimum Gasteiger partial charge on any atom is -0.444 e. The zero-order valence-electron chi connectivity index (χ0n) is 17.1. The molecule has 158 valence electrons. The van der Waals surface area contributed by atoms with Gasteiger partial charge in [-0.2, -0.15) is 0 Å². The quantitative estimate of drug-likeness (QED) is 0.624. The molecular weight excluding hydrogens is 402 g/mol. The predicted octanol–water partition coefficient (Wildman–Crippen LogP) is 3.78. The van der Waals surface area contributed by atoms with Gasteiger partial charge in [0, 0.05) is 29.7 Å². The molecule has 30 heavy (non-hydrogen) atoms. The Morgan fingerprint density at radius 2 is 1.80 bits per heavy atom. The van der Waals surface area contributed by atoms with Crippen molar-refractivity contribution >= 4 is 26.9 Å². The molecule has 1 heterocycles. The molecule has 0 bridgehead atoms. The molecule has 2 aromatic carbocycles. The van der Waals surface area contributed by atoms with Gasteiger partial charge in [-0.1, -0.05) is 42.5 Å². The zero-order valence-corrected chi connectivity index (χ0v) is 17.9. The van der Waals surface area contributed by atoms with Crippen molar-refractivity contribution in [2.24, 2.45) is 0 Å². The van der Waals surface area contributed by atoms with Crippen LogP contribution in [0.5, 0.6) is 0 Å². The minimum atomic E-state index is -3.83. The Labute approximate surface area is 176 Å². The van der Waals surface area contributed by atoms with Crippen LogP contribution < -0.4 is 10.0 Å². The number of pyridine rings is 1. The van der Waals surface area contributed by atoms with Crippen molar-refractivity contribution in [3.63, 3.8) is 0 Å². The third-order valence-corrected chi connectivity index (χ3v) is 5.78. The SMILES string of the molecule is CC(C)(C)OC(=O)N[C@@H](CNS(=O)(=O)c1cccc2cnccc12)c1ccccc1. The highest BCUT2D eigenvalue weighted by Gasteiger charge is 2.23. The molecule has 0 saturated heterocycles. The number of alkyl carbamates (subject to hydrolysis) is 1. The number of ether oxygens (including phenoxy) is 1. The molecule has 0 aliphatic rings. The Morgan fingerprint density at radius 1 is 1.07 bits per heavy atom. The number of rotatable bonds is 6. The van der Waals surface area contributed by atoms with Crippen molar-refractivity contribution in [1.29, 1.82) is 0 Å². The lowest BCUT2D eigenvalue weighted by atomic mass is 10.1. The Balaban J connectivity index is 1.83. The highest BCUT2D eigenvalue weighted by atomic mass is 32.2. The lowest BCUT2D eigenvalue weighted by Crippen LogP contribution is -2.40. The first-order chi connectivity index (χ1) is 14.2. The maximum absolute atomic E-state index is 13.0. The normalized spacial score (nSPS) is 13.0. The number of sulfonamides is 1. The molecule has 1 atom stereocenters. The maximum Gasteiger partial charge on any atom is 0.408 e. The molecule has 1 amide bonds. The summed E-state index contributed by atoms with van der Waals surface area (Å²) in [7, 11) is -3.83. The van der Waals surface area contributed by atoms with Crippen molar-refractivity contribution in [1.82, 2.24) is 15.0 Å². The molecule has 0 fully saturated rings. The Hall–Kier alpha value is -2.97. The molecule has 2 N–H and O–H groups in total. The molecule has 1 aromatic heterocycles. The number of nitrogens with zero attached hydrogens (tertiary/aromatic N) is 1.